The van der Waals surface area contributed by atoms with Gasteiger partial charge in [-0.3, -0.25) is 0 Å². The van der Waals surface area contributed by atoms with Crippen LogP contribution in [0.1, 0.15) is 5.56 Å². The zero-order chi connectivity index (χ0) is 8.81. The van der Waals surface area contributed by atoms with Crippen LogP contribution in [-0.4, -0.2) is 23.5 Å². The predicted octanol–water partition coefficient (Wildman–Crippen LogP) is 1.28. The first-order valence-electron chi connectivity index (χ1n) is 3.96. The third-order valence-electron chi connectivity index (χ3n) is 1.77. The van der Waals surface area contributed by atoms with Crippen molar-refractivity contribution in [3.8, 4) is 0 Å². The van der Waals surface area contributed by atoms with Crippen LogP contribution < -0.4 is 0 Å². The van der Waals surface area contributed by atoms with Gasteiger partial charge < -0.3 is 8.85 Å². The first-order valence-corrected chi connectivity index (χ1v) is 5.72. The summed E-state index contributed by atoms with van der Waals surface area (Å²) in [4.78, 5) is 0. The Balaban J connectivity index is 2.51. The van der Waals surface area contributed by atoms with Gasteiger partial charge in [0.2, 0.25) is 0 Å². The molecule has 2 nitrogen and oxygen atoms in total. The average molecular weight is 182 g/mol. The Morgan fingerprint density at radius 2 is 1.67 bits per heavy atom. The SMILES string of the molecule is CO[SiH](Cc1ccccc1)OC. The van der Waals surface area contributed by atoms with Crippen molar-refractivity contribution < 1.29 is 8.85 Å². The van der Waals surface area contributed by atoms with Crippen molar-refractivity contribution >= 4 is 9.28 Å². The Hall–Kier alpha value is -0.643. The van der Waals surface area contributed by atoms with Gasteiger partial charge in [0.1, 0.15) is 0 Å². The molecule has 1 rings (SSSR count). The molecule has 12 heavy (non-hydrogen) atoms. The molecule has 1 aromatic carbocycles. The molecule has 0 bridgehead atoms. The first-order chi connectivity index (χ1) is 5.86. The summed E-state index contributed by atoms with van der Waals surface area (Å²) in [5.41, 5.74) is 1.29. The minimum atomic E-state index is -1.42. The Labute approximate surface area is 75.0 Å². The van der Waals surface area contributed by atoms with Gasteiger partial charge in [0, 0.05) is 20.3 Å². The fourth-order valence-electron chi connectivity index (χ4n) is 1.07. The third-order valence-corrected chi connectivity index (χ3v) is 3.63. The van der Waals surface area contributed by atoms with Crippen molar-refractivity contribution in [2.24, 2.45) is 0 Å². The molecule has 0 spiro atoms. The molecular formula is C9H14O2Si. The fraction of sp³-hybridized carbons (Fsp3) is 0.333. The van der Waals surface area contributed by atoms with E-state index in [2.05, 4.69) is 12.1 Å². The van der Waals surface area contributed by atoms with E-state index >= 15 is 0 Å². The molecule has 0 heterocycles. The summed E-state index contributed by atoms with van der Waals surface area (Å²) in [5, 5.41) is 0. The summed E-state index contributed by atoms with van der Waals surface area (Å²) in [6, 6.07) is 11.2. The minimum Gasteiger partial charge on any atom is -0.400 e. The van der Waals surface area contributed by atoms with Crippen LogP contribution in [0.3, 0.4) is 0 Å². The van der Waals surface area contributed by atoms with Crippen LogP contribution in [0.25, 0.3) is 0 Å². The van der Waals surface area contributed by atoms with Gasteiger partial charge in [-0.2, -0.15) is 0 Å². The molecular weight excluding hydrogens is 168 g/mol. The highest BCUT2D eigenvalue weighted by atomic mass is 28.3. The third kappa shape index (κ3) is 2.77. The number of rotatable bonds is 4. The van der Waals surface area contributed by atoms with Crippen molar-refractivity contribution in [1.82, 2.24) is 0 Å². The molecule has 0 saturated carbocycles. The number of hydrogen-bond donors (Lipinski definition) is 0. The molecule has 0 aliphatic carbocycles. The van der Waals surface area contributed by atoms with Crippen LogP contribution in [0.4, 0.5) is 0 Å². The second-order valence-corrected chi connectivity index (χ2v) is 4.80. The van der Waals surface area contributed by atoms with Crippen LogP contribution in [0, 0.1) is 0 Å². The van der Waals surface area contributed by atoms with Crippen molar-refractivity contribution in [1.29, 1.82) is 0 Å². The standard InChI is InChI=1S/C9H14O2Si/c1-10-12(11-2)8-9-6-4-3-5-7-9/h3-7,12H,8H2,1-2H3. The van der Waals surface area contributed by atoms with Gasteiger partial charge in [-0.25, -0.2) is 0 Å². The maximum Gasteiger partial charge on any atom is 0.325 e. The van der Waals surface area contributed by atoms with E-state index in [-0.39, 0.29) is 0 Å². The lowest BCUT2D eigenvalue weighted by Gasteiger charge is -2.09. The normalized spacial score (nSPS) is 10.6. The summed E-state index contributed by atoms with van der Waals surface area (Å²) in [5.74, 6) is 0. The summed E-state index contributed by atoms with van der Waals surface area (Å²) >= 11 is 0. The molecule has 0 atom stereocenters. The lowest BCUT2D eigenvalue weighted by molar-refractivity contribution is 0.277. The van der Waals surface area contributed by atoms with Gasteiger partial charge >= 0.3 is 9.28 Å². The molecule has 0 N–H and O–H groups in total. The van der Waals surface area contributed by atoms with Gasteiger partial charge in [0.05, 0.1) is 0 Å². The van der Waals surface area contributed by atoms with Gasteiger partial charge in [0.15, 0.2) is 0 Å². The maximum atomic E-state index is 5.22. The molecule has 0 radical (unpaired) electrons. The average Bonchev–Trinajstić information content (AvgIpc) is 2.16. The maximum absolute atomic E-state index is 5.22. The van der Waals surface area contributed by atoms with Crippen LogP contribution in [-0.2, 0) is 14.9 Å². The topological polar surface area (TPSA) is 18.5 Å². The lowest BCUT2D eigenvalue weighted by Crippen LogP contribution is -2.22. The van der Waals surface area contributed by atoms with Crippen LogP contribution in [0.15, 0.2) is 30.3 Å². The summed E-state index contributed by atoms with van der Waals surface area (Å²) in [7, 11) is 2.00. The van der Waals surface area contributed by atoms with E-state index in [9.17, 15) is 0 Å². The fourth-order valence-corrected chi connectivity index (χ4v) is 2.25. The molecule has 3 heteroatoms. The molecule has 0 amide bonds. The Morgan fingerprint density at radius 3 is 2.17 bits per heavy atom. The molecule has 0 unspecified atom stereocenters. The van der Waals surface area contributed by atoms with Crippen LogP contribution in [0.2, 0.25) is 0 Å². The van der Waals surface area contributed by atoms with E-state index in [1.807, 2.05) is 18.2 Å². The minimum absolute atomic E-state index is 0.938. The van der Waals surface area contributed by atoms with E-state index in [1.165, 1.54) is 5.56 Å². The molecule has 0 aromatic heterocycles. The quantitative estimate of drug-likeness (QED) is 0.653. The summed E-state index contributed by atoms with van der Waals surface area (Å²) in [6.07, 6.45) is 0. The van der Waals surface area contributed by atoms with Gasteiger partial charge in [-0.1, -0.05) is 30.3 Å². The second kappa shape index (κ2) is 5.08. The first kappa shape index (κ1) is 9.44. The van der Waals surface area contributed by atoms with Gasteiger partial charge in [-0.15, -0.1) is 0 Å². The molecule has 0 saturated heterocycles. The van der Waals surface area contributed by atoms with Crippen molar-refractivity contribution in [3.05, 3.63) is 35.9 Å². The van der Waals surface area contributed by atoms with E-state index < -0.39 is 9.28 Å². The van der Waals surface area contributed by atoms with Crippen molar-refractivity contribution in [2.45, 2.75) is 6.04 Å². The van der Waals surface area contributed by atoms with Gasteiger partial charge in [0.25, 0.3) is 0 Å². The van der Waals surface area contributed by atoms with E-state index in [0.29, 0.717) is 0 Å². The Kier molecular flexibility index (Phi) is 4.00. The highest BCUT2D eigenvalue weighted by Gasteiger charge is 2.09. The number of hydrogen-bond acceptors (Lipinski definition) is 2. The molecule has 0 aliphatic rings. The van der Waals surface area contributed by atoms with E-state index in [4.69, 9.17) is 8.85 Å². The second-order valence-electron chi connectivity index (χ2n) is 2.59. The zero-order valence-corrected chi connectivity index (χ0v) is 8.64. The summed E-state index contributed by atoms with van der Waals surface area (Å²) in [6.45, 7) is 0. The highest BCUT2D eigenvalue weighted by molar-refractivity contribution is 6.43. The van der Waals surface area contributed by atoms with Crippen molar-refractivity contribution in [2.75, 3.05) is 14.2 Å². The zero-order valence-electron chi connectivity index (χ0n) is 7.49. The molecule has 66 valence electrons. The van der Waals surface area contributed by atoms with Crippen molar-refractivity contribution in [3.63, 3.8) is 0 Å². The van der Waals surface area contributed by atoms with E-state index in [1.54, 1.807) is 14.2 Å². The monoisotopic (exact) mass is 182 g/mol. The van der Waals surface area contributed by atoms with Crippen LogP contribution in [0.5, 0.6) is 0 Å². The lowest BCUT2D eigenvalue weighted by atomic mass is 10.2. The smallest absolute Gasteiger partial charge is 0.325 e. The highest BCUT2D eigenvalue weighted by Crippen LogP contribution is 2.02. The molecule has 1 aromatic rings. The largest absolute Gasteiger partial charge is 0.400 e. The Morgan fingerprint density at radius 1 is 1.08 bits per heavy atom. The summed E-state index contributed by atoms with van der Waals surface area (Å²) < 4.78 is 10.4. The molecule has 0 fully saturated rings. The van der Waals surface area contributed by atoms with Crippen LogP contribution >= 0.6 is 0 Å². The van der Waals surface area contributed by atoms with Gasteiger partial charge in [-0.05, 0) is 5.56 Å². The molecule has 0 aliphatic heterocycles. The predicted molar refractivity (Wildman–Crippen MR) is 51.3 cm³/mol. The number of benzene rings is 1. The Bertz CT molecular complexity index is 209. The van der Waals surface area contributed by atoms with E-state index in [0.717, 1.165) is 6.04 Å².